The van der Waals surface area contributed by atoms with Gasteiger partial charge < -0.3 is 11.1 Å². The van der Waals surface area contributed by atoms with Crippen molar-refractivity contribution in [1.82, 2.24) is 15.1 Å². The van der Waals surface area contributed by atoms with E-state index in [1.54, 1.807) is 0 Å². The number of hydrogen-bond donors (Lipinski definition) is 2. The summed E-state index contributed by atoms with van der Waals surface area (Å²) in [7, 11) is 0. The molecule has 0 radical (unpaired) electrons. The second-order valence-corrected chi connectivity index (χ2v) is 6.50. The standard InChI is InChI=1S/C15H24N4O/c1-9-10(2)18-19(11(9)3)13-6-7-15(8-13,14(16)20)17-12-4-5-12/h12-13,17H,4-8H2,1-3H3,(H2,16,20). The Labute approximate surface area is 119 Å². The Kier molecular flexibility index (Phi) is 3.12. The van der Waals surface area contributed by atoms with Crippen LogP contribution < -0.4 is 11.1 Å². The van der Waals surface area contributed by atoms with Crippen LogP contribution in [0.4, 0.5) is 0 Å². The van der Waals surface area contributed by atoms with Crippen molar-refractivity contribution in [3.05, 3.63) is 17.0 Å². The lowest BCUT2D eigenvalue weighted by atomic mass is 9.96. The highest BCUT2D eigenvalue weighted by Crippen LogP contribution is 2.40. The maximum atomic E-state index is 12.0. The Bertz CT molecular complexity index is 546. The molecule has 0 spiro atoms. The summed E-state index contributed by atoms with van der Waals surface area (Å²) in [5.41, 5.74) is 8.70. The fourth-order valence-electron chi connectivity index (χ4n) is 3.37. The highest BCUT2D eigenvalue weighted by atomic mass is 16.1. The molecule has 2 aliphatic rings. The van der Waals surface area contributed by atoms with Crippen LogP contribution in [0.1, 0.15) is 55.1 Å². The number of nitrogens with two attached hydrogens (primary N) is 1. The largest absolute Gasteiger partial charge is 0.368 e. The summed E-state index contributed by atoms with van der Waals surface area (Å²) in [5, 5.41) is 8.14. The molecule has 3 rings (SSSR count). The Hall–Kier alpha value is -1.36. The Morgan fingerprint density at radius 3 is 2.55 bits per heavy atom. The molecule has 1 aromatic rings. The summed E-state index contributed by atoms with van der Waals surface area (Å²) in [6.45, 7) is 6.25. The van der Waals surface area contributed by atoms with Crippen molar-refractivity contribution in [1.29, 1.82) is 0 Å². The number of aryl methyl sites for hydroxylation is 1. The zero-order valence-electron chi connectivity index (χ0n) is 12.6. The van der Waals surface area contributed by atoms with Crippen molar-refractivity contribution < 1.29 is 4.79 Å². The Balaban J connectivity index is 1.83. The van der Waals surface area contributed by atoms with Crippen molar-refractivity contribution in [3.63, 3.8) is 0 Å². The third-order valence-electron chi connectivity index (χ3n) is 5.05. The normalized spacial score (nSPS) is 29.9. The highest BCUT2D eigenvalue weighted by molar-refractivity contribution is 5.85. The first kappa shape index (κ1) is 13.6. The van der Waals surface area contributed by atoms with Crippen molar-refractivity contribution in [2.45, 2.75) is 70.5 Å². The van der Waals surface area contributed by atoms with Crippen LogP contribution in [-0.2, 0) is 4.79 Å². The molecular formula is C15H24N4O. The van der Waals surface area contributed by atoms with Crippen LogP contribution in [0.25, 0.3) is 0 Å². The van der Waals surface area contributed by atoms with Gasteiger partial charge in [-0.3, -0.25) is 9.48 Å². The molecule has 0 aliphatic heterocycles. The summed E-state index contributed by atoms with van der Waals surface area (Å²) >= 11 is 0. The molecule has 1 aromatic heterocycles. The molecule has 2 fully saturated rings. The molecule has 5 heteroatoms. The van der Waals surface area contributed by atoms with E-state index in [-0.39, 0.29) is 11.9 Å². The minimum absolute atomic E-state index is 0.204. The van der Waals surface area contributed by atoms with Gasteiger partial charge in [-0.25, -0.2) is 0 Å². The van der Waals surface area contributed by atoms with Crippen LogP contribution in [0.2, 0.25) is 0 Å². The first-order valence-electron chi connectivity index (χ1n) is 7.53. The smallest absolute Gasteiger partial charge is 0.237 e. The molecule has 1 amide bonds. The number of nitrogens with one attached hydrogen (secondary N) is 1. The van der Waals surface area contributed by atoms with Crippen LogP contribution in [0.15, 0.2) is 0 Å². The fourth-order valence-corrected chi connectivity index (χ4v) is 3.37. The summed E-state index contributed by atoms with van der Waals surface area (Å²) in [4.78, 5) is 12.0. The second kappa shape index (κ2) is 4.58. The first-order chi connectivity index (χ1) is 9.43. The predicted molar refractivity (Wildman–Crippen MR) is 77.4 cm³/mol. The van der Waals surface area contributed by atoms with Gasteiger partial charge in [0.25, 0.3) is 0 Å². The van der Waals surface area contributed by atoms with Crippen LogP contribution in [0, 0.1) is 20.8 Å². The van der Waals surface area contributed by atoms with Gasteiger partial charge in [-0.2, -0.15) is 5.10 Å². The summed E-state index contributed by atoms with van der Waals surface area (Å²) < 4.78 is 2.10. The molecule has 20 heavy (non-hydrogen) atoms. The Morgan fingerprint density at radius 2 is 2.05 bits per heavy atom. The third-order valence-corrected chi connectivity index (χ3v) is 5.05. The average molecular weight is 276 g/mol. The minimum Gasteiger partial charge on any atom is -0.368 e. The number of carbonyl (C=O) groups is 1. The minimum atomic E-state index is -0.522. The van der Waals surface area contributed by atoms with Crippen LogP contribution in [0.3, 0.4) is 0 Å². The molecule has 2 saturated carbocycles. The van der Waals surface area contributed by atoms with Crippen LogP contribution in [-0.4, -0.2) is 27.3 Å². The SMILES string of the molecule is Cc1nn(C2CCC(NC3CC3)(C(N)=O)C2)c(C)c1C. The topological polar surface area (TPSA) is 72.9 Å². The molecule has 2 unspecified atom stereocenters. The molecule has 110 valence electrons. The van der Waals surface area contributed by atoms with Crippen LogP contribution >= 0.6 is 0 Å². The van der Waals surface area contributed by atoms with Gasteiger partial charge in [-0.15, -0.1) is 0 Å². The van der Waals surface area contributed by atoms with Crippen LogP contribution in [0.5, 0.6) is 0 Å². The summed E-state index contributed by atoms with van der Waals surface area (Å²) in [5.74, 6) is -0.204. The lowest BCUT2D eigenvalue weighted by Crippen LogP contribution is -2.54. The third kappa shape index (κ3) is 2.14. The number of primary amides is 1. The van der Waals surface area contributed by atoms with E-state index in [4.69, 9.17) is 5.73 Å². The van der Waals surface area contributed by atoms with Crippen molar-refractivity contribution in [2.24, 2.45) is 5.73 Å². The molecule has 3 N–H and O–H groups in total. The monoisotopic (exact) mass is 276 g/mol. The van der Waals surface area contributed by atoms with Gasteiger partial charge in [0.15, 0.2) is 0 Å². The molecule has 5 nitrogen and oxygen atoms in total. The average Bonchev–Trinajstić information content (AvgIpc) is 3.04. The van der Waals surface area contributed by atoms with Crippen molar-refractivity contribution in [3.8, 4) is 0 Å². The van der Waals surface area contributed by atoms with E-state index in [1.807, 2.05) is 6.92 Å². The molecular weight excluding hydrogens is 252 g/mol. The lowest BCUT2D eigenvalue weighted by molar-refractivity contribution is -0.124. The molecule has 0 saturated heterocycles. The van der Waals surface area contributed by atoms with Gasteiger partial charge in [-0.05, 0) is 58.4 Å². The van der Waals surface area contributed by atoms with Gasteiger partial charge in [0, 0.05) is 11.7 Å². The number of aromatic nitrogens is 2. The number of hydrogen-bond acceptors (Lipinski definition) is 3. The van der Waals surface area contributed by atoms with E-state index < -0.39 is 5.54 Å². The quantitative estimate of drug-likeness (QED) is 0.875. The van der Waals surface area contributed by atoms with E-state index in [1.165, 1.54) is 24.1 Å². The van der Waals surface area contributed by atoms with E-state index in [2.05, 4.69) is 28.9 Å². The molecule has 0 aromatic carbocycles. The van der Waals surface area contributed by atoms with Crippen molar-refractivity contribution >= 4 is 5.91 Å². The zero-order valence-corrected chi connectivity index (χ0v) is 12.6. The molecule has 2 atom stereocenters. The molecule has 2 aliphatic carbocycles. The van der Waals surface area contributed by atoms with Gasteiger partial charge in [-0.1, -0.05) is 0 Å². The van der Waals surface area contributed by atoms with E-state index in [0.717, 1.165) is 25.0 Å². The molecule has 1 heterocycles. The van der Waals surface area contributed by atoms with Gasteiger partial charge in [0.2, 0.25) is 5.91 Å². The maximum absolute atomic E-state index is 12.0. The summed E-state index contributed by atoms with van der Waals surface area (Å²) in [6.07, 6.45) is 4.88. The number of carbonyl (C=O) groups excluding carboxylic acids is 1. The highest BCUT2D eigenvalue weighted by Gasteiger charge is 2.47. The summed E-state index contributed by atoms with van der Waals surface area (Å²) in [6, 6.07) is 0.768. The molecule has 0 bridgehead atoms. The maximum Gasteiger partial charge on any atom is 0.237 e. The second-order valence-electron chi connectivity index (χ2n) is 6.50. The van der Waals surface area contributed by atoms with Crippen molar-refractivity contribution in [2.75, 3.05) is 0 Å². The number of amides is 1. The van der Waals surface area contributed by atoms with E-state index >= 15 is 0 Å². The fraction of sp³-hybridized carbons (Fsp3) is 0.733. The lowest BCUT2D eigenvalue weighted by Gasteiger charge is -2.27. The van der Waals surface area contributed by atoms with E-state index in [9.17, 15) is 4.79 Å². The van der Waals surface area contributed by atoms with E-state index in [0.29, 0.717) is 6.04 Å². The Morgan fingerprint density at radius 1 is 1.35 bits per heavy atom. The van der Waals surface area contributed by atoms with Gasteiger partial charge in [0.1, 0.15) is 0 Å². The number of rotatable bonds is 4. The van der Waals surface area contributed by atoms with Gasteiger partial charge >= 0.3 is 0 Å². The van der Waals surface area contributed by atoms with Gasteiger partial charge in [0.05, 0.1) is 17.3 Å². The first-order valence-corrected chi connectivity index (χ1v) is 7.53. The predicted octanol–water partition coefficient (Wildman–Crippen LogP) is 1.51. The zero-order chi connectivity index (χ0) is 14.5. The number of nitrogens with zero attached hydrogens (tertiary/aromatic N) is 2.